The second-order valence-electron chi connectivity index (χ2n) is 7.26. The van der Waals surface area contributed by atoms with Crippen LogP contribution in [0.25, 0.3) is 0 Å². The Kier molecular flexibility index (Phi) is 7.94. The molecule has 6 heteroatoms. The number of aryl methyl sites for hydroxylation is 1. The molecule has 1 saturated heterocycles. The lowest BCUT2D eigenvalue weighted by Gasteiger charge is -2.32. The number of likely N-dealkylation sites (tertiary alicyclic amines) is 1. The Morgan fingerprint density at radius 2 is 1.69 bits per heavy atom. The molecule has 1 heterocycles. The van der Waals surface area contributed by atoms with Crippen molar-refractivity contribution in [3.8, 4) is 5.75 Å². The lowest BCUT2D eigenvalue weighted by atomic mass is 10.0. The van der Waals surface area contributed by atoms with E-state index >= 15 is 0 Å². The van der Waals surface area contributed by atoms with Crippen molar-refractivity contribution < 1.29 is 14.3 Å². The molecule has 0 saturated carbocycles. The number of ether oxygens (including phenoxy) is 1. The largest absolute Gasteiger partial charge is 0.493 e. The summed E-state index contributed by atoms with van der Waals surface area (Å²) >= 11 is 5.88. The smallest absolute Gasteiger partial charge is 0.225 e. The van der Waals surface area contributed by atoms with Gasteiger partial charge in [-0.05, 0) is 49.1 Å². The third kappa shape index (κ3) is 7.09. The number of hydrogen-bond acceptors (Lipinski definition) is 3. The number of carbonyl (C=O) groups is 2. The Morgan fingerprint density at radius 1 is 1.00 bits per heavy atom. The van der Waals surface area contributed by atoms with E-state index in [1.807, 2.05) is 59.5 Å². The molecule has 0 radical (unpaired) electrons. The number of hydrogen-bond donors (Lipinski definition) is 1. The molecule has 5 nitrogen and oxygen atoms in total. The topological polar surface area (TPSA) is 58.6 Å². The molecule has 2 aromatic carbocycles. The Balaban J connectivity index is 1.31. The molecule has 0 bridgehead atoms. The SMILES string of the molecule is O=C(CCc1ccc(Cl)cc1)NC1CCN(C(=O)CCOc2ccccc2)CC1. The maximum absolute atomic E-state index is 12.3. The van der Waals surface area contributed by atoms with E-state index in [9.17, 15) is 9.59 Å². The molecule has 0 aromatic heterocycles. The number of nitrogens with zero attached hydrogens (tertiary/aromatic N) is 1. The monoisotopic (exact) mass is 414 g/mol. The zero-order chi connectivity index (χ0) is 20.5. The highest BCUT2D eigenvalue weighted by Gasteiger charge is 2.23. The summed E-state index contributed by atoms with van der Waals surface area (Å²) in [6, 6.07) is 17.2. The number of nitrogens with one attached hydrogen (secondary N) is 1. The molecule has 0 unspecified atom stereocenters. The van der Waals surface area contributed by atoms with Crippen LogP contribution in [0.3, 0.4) is 0 Å². The van der Waals surface area contributed by atoms with Crippen molar-refractivity contribution >= 4 is 23.4 Å². The highest BCUT2D eigenvalue weighted by atomic mass is 35.5. The number of piperidine rings is 1. The van der Waals surface area contributed by atoms with E-state index < -0.39 is 0 Å². The van der Waals surface area contributed by atoms with E-state index in [1.165, 1.54) is 0 Å². The molecular formula is C23H27ClN2O3. The third-order valence-electron chi connectivity index (χ3n) is 5.09. The van der Waals surface area contributed by atoms with Crippen LogP contribution in [-0.4, -0.2) is 42.5 Å². The van der Waals surface area contributed by atoms with Crippen molar-refractivity contribution in [3.63, 3.8) is 0 Å². The fourth-order valence-electron chi connectivity index (χ4n) is 3.41. The first-order valence-corrected chi connectivity index (χ1v) is 10.5. The molecule has 1 aliphatic rings. The van der Waals surface area contributed by atoms with Crippen molar-refractivity contribution in [2.24, 2.45) is 0 Å². The highest BCUT2D eigenvalue weighted by molar-refractivity contribution is 6.30. The van der Waals surface area contributed by atoms with Crippen LogP contribution in [-0.2, 0) is 16.0 Å². The number of benzene rings is 2. The summed E-state index contributed by atoms with van der Waals surface area (Å²) < 4.78 is 5.60. The second-order valence-corrected chi connectivity index (χ2v) is 7.70. The third-order valence-corrected chi connectivity index (χ3v) is 5.35. The van der Waals surface area contributed by atoms with Gasteiger partial charge in [0.1, 0.15) is 5.75 Å². The van der Waals surface area contributed by atoms with E-state index in [0.717, 1.165) is 24.2 Å². The van der Waals surface area contributed by atoms with Crippen LogP contribution in [0, 0.1) is 0 Å². The van der Waals surface area contributed by atoms with E-state index in [4.69, 9.17) is 16.3 Å². The molecule has 3 rings (SSSR count). The van der Waals surface area contributed by atoms with Gasteiger partial charge in [0.05, 0.1) is 13.0 Å². The summed E-state index contributed by atoms with van der Waals surface area (Å²) in [5.41, 5.74) is 1.10. The molecule has 1 fully saturated rings. The van der Waals surface area contributed by atoms with Gasteiger partial charge in [-0.1, -0.05) is 41.9 Å². The van der Waals surface area contributed by atoms with Crippen LogP contribution in [0.2, 0.25) is 5.02 Å². The number of halogens is 1. The molecule has 2 aromatic rings. The van der Waals surface area contributed by atoms with E-state index in [-0.39, 0.29) is 17.9 Å². The minimum Gasteiger partial charge on any atom is -0.493 e. The average molecular weight is 415 g/mol. The number of amides is 2. The van der Waals surface area contributed by atoms with Crippen molar-refractivity contribution in [2.75, 3.05) is 19.7 Å². The van der Waals surface area contributed by atoms with Crippen LogP contribution in [0.4, 0.5) is 0 Å². The fraction of sp³-hybridized carbons (Fsp3) is 0.391. The predicted molar refractivity (Wildman–Crippen MR) is 114 cm³/mol. The Bertz CT molecular complexity index is 788. The van der Waals surface area contributed by atoms with Gasteiger partial charge in [-0.15, -0.1) is 0 Å². The van der Waals surface area contributed by atoms with Crippen LogP contribution in [0.5, 0.6) is 5.75 Å². The maximum Gasteiger partial charge on any atom is 0.225 e. The standard InChI is InChI=1S/C23H27ClN2O3/c24-19-9-6-18(7-10-19)8-11-22(27)25-20-12-15-26(16-13-20)23(28)14-17-29-21-4-2-1-3-5-21/h1-7,9-10,20H,8,11-17H2,(H,25,27). The van der Waals surface area contributed by atoms with Gasteiger partial charge in [-0.3, -0.25) is 9.59 Å². The number of rotatable bonds is 8. The minimum atomic E-state index is 0.0565. The van der Waals surface area contributed by atoms with Gasteiger partial charge in [0.25, 0.3) is 0 Å². The normalized spacial score (nSPS) is 14.4. The van der Waals surface area contributed by atoms with Crippen LogP contribution in [0.15, 0.2) is 54.6 Å². The molecule has 0 spiro atoms. The quantitative estimate of drug-likeness (QED) is 0.713. The van der Waals surface area contributed by atoms with Crippen molar-refractivity contribution in [2.45, 2.75) is 38.1 Å². The van der Waals surface area contributed by atoms with E-state index in [1.54, 1.807) is 0 Å². The Labute approximate surface area is 177 Å². The molecule has 0 atom stereocenters. The first-order valence-electron chi connectivity index (χ1n) is 10.1. The second kappa shape index (κ2) is 10.9. The average Bonchev–Trinajstić information content (AvgIpc) is 2.74. The van der Waals surface area contributed by atoms with Gasteiger partial charge in [0.15, 0.2) is 0 Å². The summed E-state index contributed by atoms with van der Waals surface area (Å²) in [4.78, 5) is 26.4. The van der Waals surface area contributed by atoms with Crippen molar-refractivity contribution in [3.05, 3.63) is 65.2 Å². The van der Waals surface area contributed by atoms with Gasteiger partial charge in [-0.25, -0.2) is 0 Å². The van der Waals surface area contributed by atoms with Gasteiger partial charge < -0.3 is 15.0 Å². The summed E-state index contributed by atoms with van der Waals surface area (Å²) in [5, 5.41) is 3.80. The number of carbonyl (C=O) groups excluding carboxylic acids is 2. The predicted octanol–water partition coefficient (Wildman–Crippen LogP) is 3.85. The Hall–Kier alpha value is -2.53. The first kappa shape index (κ1) is 21.2. The van der Waals surface area contributed by atoms with Crippen molar-refractivity contribution in [1.29, 1.82) is 0 Å². The summed E-state index contributed by atoms with van der Waals surface area (Å²) in [5.74, 6) is 0.940. The molecule has 2 amide bonds. The lowest BCUT2D eigenvalue weighted by Crippen LogP contribution is -2.46. The molecule has 154 valence electrons. The van der Waals surface area contributed by atoms with Gasteiger partial charge in [0, 0.05) is 30.6 Å². The van der Waals surface area contributed by atoms with Gasteiger partial charge in [-0.2, -0.15) is 0 Å². The van der Waals surface area contributed by atoms with Crippen molar-refractivity contribution in [1.82, 2.24) is 10.2 Å². The fourth-order valence-corrected chi connectivity index (χ4v) is 3.54. The van der Waals surface area contributed by atoms with Crippen LogP contribution < -0.4 is 10.1 Å². The maximum atomic E-state index is 12.3. The lowest BCUT2D eigenvalue weighted by molar-refractivity contribution is -0.132. The van der Waals surface area contributed by atoms with Crippen LogP contribution >= 0.6 is 11.6 Å². The Morgan fingerprint density at radius 3 is 2.38 bits per heavy atom. The van der Waals surface area contributed by atoms with Gasteiger partial charge in [0.2, 0.25) is 11.8 Å². The van der Waals surface area contributed by atoms with Crippen LogP contribution in [0.1, 0.15) is 31.2 Å². The molecule has 0 aliphatic carbocycles. The highest BCUT2D eigenvalue weighted by Crippen LogP contribution is 2.14. The zero-order valence-electron chi connectivity index (χ0n) is 16.5. The molecule has 1 N–H and O–H groups in total. The first-order chi connectivity index (χ1) is 14.1. The minimum absolute atomic E-state index is 0.0565. The van der Waals surface area contributed by atoms with E-state index in [0.29, 0.717) is 44.0 Å². The molecule has 29 heavy (non-hydrogen) atoms. The van der Waals surface area contributed by atoms with Gasteiger partial charge >= 0.3 is 0 Å². The summed E-state index contributed by atoms with van der Waals surface area (Å²) in [7, 11) is 0. The zero-order valence-corrected chi connectivity index (χ0v) is 17.2. The molecular weight excluding hydrogens is 388 g/mol. The summed E-state index contributed by atoms with van der Waals surface area (Å²) in [6.07, 6.45) is 3.10. The van der Waals surface area contributed by atoms with E-state index in [2.05, 4.69) is 5.32 Å². The molecule has 1 aliphatic heterocycles. The number of para-hydroxylation sites is 1. The summed E-state index contributed by atoms with van der Waals surface area (Å²) in [6.45, 7) is 1.73.